The van der Waals surface area contributed by atoms with Crippen LogP contribution in [0.25, 0.3) is 5.70 Å². The first-order valence-electron chi connectivity index (χ1n) is 5.30. The Morgan fingerprint density at radius 3 is 2.90 bits per heavy atom. The molecule has 0 saturated carbocycles. The van der Waals surface area contributed by atoms with E-state index in [2.05, 4.69) is 40.2 Å². The van der Waals surface area contributed by atoms with Gasteiger partial charge in [-0.1, -0.05) is 10.3 Å². The topological polar surface area (TPSA) is 135 Å². The molecule has 1 N–H and O–H groups in total. The molecule has 100 valence electrons. The number of aromatic nitrogens is 7. The number of anilines is 2. The second-order valence-electron chi connectivity index (χ2n) is 3.54. The standard InChI is InChI=1S/C8H5N9O3/c1-5(7-10-4-19-14-7)17(8-9-3-11-13-8)20-16(1)6-2-18-15-12-6/h1-4H,(H,9,11,13). The highest BCUT2D eigenvalue weighted by molar-refractivity contribution is 5.74. The third-order valence-electron chi connectivity index (χ3n) is 2.39. The molecule has 4 rings (SSSR count). The van der Waals surface area contributed by atoms with Crippen molar-refractivity contribution in [3.05, 3.63) is 31.0 Å². The van der Waals surface area contributed by atoms with Gasteiger partial charge >= 0.3 is 0 Å². The fourth-order valence-corrected chi connectivity index (χ4v) is 1.56. The van der Waals surface area contributed by atoms with Crippen LogP contribution < -0.4 is 10.1 Å². The molecule has 0 aromatic carbocycles. The van der Waals surface area contributed by atoms with E-state index in [-0.39, 0.29) is 0 Å². The summed E-state index contributed by atoms with van der Waals surface area (Å²) in [4.78, 5) is 13.5. The molecule has 12 heteroatoms. The van der Waals surface area contributed by atoms with Gasteiger partial charge in [0.2, 0.25) is 18.0 Å². The van der Waals surface area contributed by atoms with Crippen molar-refractivity contribution in [3.63, 3.8) is 0 Å². The summed E-state index contributed by atoms with van der Waals surface area (Å²) in [5.41, 5.74) is 0.471. The molecule has 3 aromatic heterocycles. The Labute approximate surface area is 109 Å². The summed E-state index contributed by atoms with van der Waals surface area (Å²) >= 11 is 0. The van der Waals surface area contributed by atoms with Crippen LogP contribution in [0.3, 0.4) is 0 Å². The number of hydroxylamine groups is 2. The molecule has 3 aromatic rings. The van der Waals surface area contributed by atoms with Gasteiger partial charge in [-0.25, -0.2) is 5.10 Å². The average molecular weight is 275 g/mol. The zero-order chi connectivity index (χ0) is 13.4. The molecule has 0 bridgehead atoms. The lowest BCUT2D eigenvalue weighted by molar-refractivity contribution is 0.147. The van der Waals surface area contributed by atoms with Crippen LogP contribution in [0.5, 0.6) is 0 Å². The number of H-pyrrole nitrogens is 1. The Morgan fingerprint density at radius 1 is 1.20 bits per heavy atom. The number of hydrogen-bond acceptors (Lipinski definition) is 11. The van der Waals surface area contributed by atoms with E-state index in [0.717, 1.165) is 0 Å². The molecule has 0 saturated heterocycles. The summed E-state index contributed by atoms with van der Waals surface area (Å²) in [6, 6.07) is 0. The Kier molecular flexibility index (Phi) is 2.19. The molecule has 4 heterocycles. The summed E-state index contributed by atoms with van der Waals surface area (Å²) < 4.78 is 9.39. The van der Waals surface area contributed by atoms with Gasteiger partial charge in [0.05, 0.1) is 6.20 Å². The molecule has 1 aliphatic rings. The fraction of sp³-hybridized carbons (Fsp3) is 0. The minimum Gasteiger partial charge on any atom is -0.343 e. The van der Waals surface area contributed by atoms with Gasteiger partial charge in [0.25, 0.3) is 5.95 Å². The predicted molar refractivity (Wildman–Crippen MR) is 59.0 cm³/mol. The van der Waals surface area contributed by atoms with Gasteiger partial charge in [0, 0.05) is 5.27 Å². The van der Waals surface area contributed by atoms with Crippen LogP contribution in [0, 0.1) is 0 Å². The van der Waals surface area contributed by atoms with Crippen molar-refractivity contribution >= 4 is 17.5 Å². The lowest BCUT2D eigenvalue weighted by Crippen LogP contribution is -2.24. The van der Waals surface area contributed by atoms with Gasteiger partial charge < -0.3 is 9.05 Å². The fourth-order valence-electron chi connectivity index (χ4n) is 1.56. The van der Waals surface area contributed by atoms with Crippen molar-refractivity contribution in [2.45, 2.75) is 0 Å². The van der Waals surface area contributed by atoms with Crippen LogP contribution in [0.15, 0.2) is 34.2 Å². The molecule has 0 amide bonds. The zero-order valence-electron chi connectivity index (χ0n) is 9.61. The van der Waals surface area contributed by atoms with E-state index in [9.17, 15) is 0 Å². The lowest BCUT2D eigenvalue weighted by Gasteiger charge is -2.15. The largest absolute Gasteiger partial charge is 0.343 e. The van der Waals surface area contributed by atoms with Gasteiger partial charge in [0.15, 0.2) is 6.26 Å². The Balaban J connectivity index is 1.75. The van der Waals surface area contributed by atoms with Crippen molar-refractivity contribution < 1.29 is 14.0 Å². The normalized spacial score (nSPS) is 14.9. The van der Waals surface area contributed by atoms with Crippen molar-refractivity contribution in [3.8, 4) is 0 Å². The highest BCUT2D eigenvalue weighted by atomic mass is 16.8. The van der Waals surface area contributed by atoms with Crippen molar-refractivity contribution in [2.75, 3.05) is 10.1 Å². The van der Waals surface area contributed by atoms with Crippen LogP contribution in [-0.4, -0.2) is 35.7 Å². The van der Waals surface area contributed by atoms with E-state index in [0.29, 0.717) is 23.3 Å². The monoisotopic (exact) mass is 275 g/mol. The summed E-state index contributed by atoms with van der Waals surface area (Å²) in [7, 11) is 0. The SMILES string of the molecule is C1=C(c2ncon2)N(c2ncn[nH]2)ON1c1conn1. The van der Waals surface area contributed by atoms with Crippen LogP contribution in [0.2, 0.25) is 0 Å². The minimum absolute atomic E-state index is 0.306. The van der Waals surface area contributed by atoms with E-state index in [1.54, 1.807) is 6.20 Å². The number of nitrogens with one attached hydrogen (secondary N) is 1. The third-order valence-corrected chi connectivity index (χ3v) is 2.39. The molecule has 0 unspecified atom stereocenters. The van der Waals surface area contributed by atoms with Gasteiger partial charge in [0.1, 0.15) is 12.0 Å². The second kappa shape index (κ2) is 4.13. The van der Waals surface area contributed by atoms with E-state index < -0.39 is 0 Å². The first kappa shape index (κ1) is 10.6. The van der Waals surface area contributed by atoms with Gasteiger partial charge in [-0.05, 0) is 0 Å². The molecule has 0 fully saturated rings. The summed E-state index contributed by atoms with van der Waals surface area (Å²) in [6.07, 6.45) is 5.43. The Bertz CT molecular complexity index is 705. The summed E-state index contributed by atoms with van der Waals surface area (Å²) in [6.45, 7) is 0. The van der Waals surface area contributed by atoms with Crippen LogP contribution in [-0.2, 0) is 4.94 Å². The molecule has 20 heavy (non-hydrogen) atoms. The molecular formula is C8H5N9O3. The summed E-state index contributed by atoms with van der Waals surface area (Å²) in [5.74, 6) is 0.980. The Hall–Kier alpha value is -3.28. The smallest absolute Gasteiger partial charge is 0.252 e. The quantitative estimate of drug-likeness (QED) is 0.677. The number of nitrogens with zero attached hydrogens (tertiary/aromatic N) is 8. The average Bonchev–Trinajstić information content (AvgIpc) is 3.22. The molecule has 0 spiro atoms. The van der Waals surface area contributed by atoms with Crippen LogP contribution in [0.4, 0.5) is 11.8 Å². The number of rotatable bonds is 3. The second-order valence-corrected chi connectivity index (χ2v) is 3.54. The maximum atomic E-state index is 5.54. The maximum Gasteiger partial charge on any atom is 0.252 e. The summed E-state index contributed by atoms with van der Waals surface area (Å²) in [5, 5.41) is 19.9. The lowest BCUT2D eigenvalue weighted by atomic mass is 10.4. The van der Waals surface area contributed by atoms with Gasteiger partial charge in [-0.3, -0.25) is 0 Å². The maximum absolute atomic E-state index is 5.54. The number of hydrogen-bond donors (Lipinski definition) is 1. The van der Waals surface area contributed by atoms with Gasteiger partial charge in [-0.15, -0.1) is 4.94 Å². The first-order chi connectivity index (χ1) is 9.92. The van der Waals surface area contributed by atoms with E-state index in [1.165, 1.54) is 29.1 Å². The van der Waals surface area contributed by atoms with Gasteiger partial charge in [-0.2, -0.15) is 25.2 Å². The molecule has 0 atom stereocenters. The molecular weight excluding hydrogens is 270 g/mol. The molecule has 0 radical (unpaired) electrons. The Morgan fingerprint density at radius 2 is 2.20 bits per heavy atom. The first-order valence-corrected chi connectivity index (χ1v) is 5.30. The highest BCUT2D eigenvalue weighted by Gasteiger charge is 2.32. The van der Waals surface area contributed by atoms with Crippen molar-refractivity contribution in [1.29, 1.82) is 0 Å². The highest BCUT2D eigenvalue weighted by Crippen LogP contribution is 2.30. The van der Waals surface area contributed by atoms with Crippen LogP contribution >= 0.6 is 0 Å². The zero-order valence-corrected chi connectivity index (χ0v) is 9.61. The van der Waals surface area contributed by atoms with Crippen LogP contribution in [0.1, 0.15) is 5.82 Å². The van der Waals surface area contributed by atoms with E-state index in [4.69, 9.17) is 9.46 Å². The predicted octanol–water partition coefficient (Wildman–Crippen LogP) is -0.258. The molecule has 12 nitrogen and oxygen atoms in total. The minimum atomic E-state index is 0.306. The van der Waals surface area contributed by atoms with Crippen molar-refractivity contribution in [2.24, 2.45) is 0 Å². The van der Waals surface area contributed by atoms with E-state index in [1.807, 2.05) is 0 Å². The number of aromatic amines is 1. The van der Waals surface area contributed by atoms with E-state index >= 15 is 0 Å². The van der Waals surface area contributed by atoms with Crippen molar-refractivity contribution in [1.82, 2.24) is 35.7 Å². The molecule has 1 aliphatic heterocycles. The third kappa shape index (κ3) is 1.59. The molecule has 0 aliphatic carbocycles.